The molecule has 24 heavy (non-hydrogen) atoms. The number of nitro benzene ring substituents is 1. The van der Waals surface area contributed by atoms with Gasteiger partial charge in [-0.1, -0.05) is 0 Å². The molecule has 0 radical (unpaired) electrons. The molecule has 0 fully saturated rings. The van der Waals surface area contributed by atoms with Gasteiger partial charge in [-0.2, -0.15) is 0 Å². The molecule has 2 rings (SSSR count). The van der Waals surface area contributed by atoms with Crippen LogP contribution in [0.15, 0.2) is 42.5 Å². The number of methoxy groups -OCH3 is 1. The molecular weight excluding hydrogens is 312 g/mol. The van der Waals surface area contributed by atoms with Crippen molar-refractivity contribution in [2.24, 2.45) is 0 Å². The maximum absolute atomic E-state index is 11.3. The van der Waals surface area contributed by atoms with Crippen LogP contribution in [0, 0.1) is 10.1 Å². The zero-order chi connectivity index (χ0) is 17.5. The number of ether oxygens (including phenoxy) is 2. The maximum Gasteiger partial charge on any atom is 0.293 e. The molecule has 0 aliphatic rings. The molecule has 7 nitrogen and oxygen atoms in total. The fourth-order valence-corrected chi connectivity index (χ4v) is 2.08. The number of hydrogen-bond acceptors (Lipinski definition) is 6. The molecule has 0 bridgehead atoms. The SMILES string of the molecule is COc1ccc(OCCNc2ccc(C(C)=O)cc2[N+](=O)[O-])cc1. The van der Waals surface area contributed by atoms with Crippen LogP contribution in [-0.4, -0.2) is 31.0 Å². The van der Waals surface area contributed by atoms with E-state index in [1.54, 1.807) is 37.4 Å². The van der Waals surface area contributed by atoms with Crippen molar-refractivity contribution in [3.63, 3.8) is 0 Å². The third-order valence-electron chi connectivity index (χ3n) is 3.35. The zero-order valence-corrected chi connectivity index (χ0v) is 13.4. The lowest BCUT2D eigenvalue weighted by atomic mass is 10.1. The van der Waals surface area contributed by atoms with E-state index in [4.69, 9.17) is 9.47 Å². The number of nitro groups is 1. The van der Waals surface area contributed by atoms with Crippen LogP contribution >= 0.6 is 0 Å². The lowest BCUT2D eigenvalue weighted by molar-refractivity contribution is -0.384. The zero-order valence-electron chi connectivity index (χ0n) is 13.4. The van der Waals surface area contributed by atoms with E-state index in [-0.39, 0.29) is 11.5 Å². The lowest BCUT2D eigenvalue weighted by Gasteiger charge is -2.10. The van der Waals surface area contributed by atoms with Crippen LogP contribution in [0.2, 0.25) is 0 Å². The number of benzene rings is 2. The Hall–Kier alpha value is -3.09. The summed E-state index contributed by atoms with van der Waals surface area (Å²) in [5, 5.41) is 14.1. The third-order valence-corrected chi connectivity index (χ3v) is 3.35. The second-order valence-corrected chi connectivity index (χ2v) is 5.00. The summed E-state index contributed by atoms with van der Waals surface area (Å²) < 4.78 is 10.6. The molecule has 7 heteroatoms. The number of rotatable bonds is 8. The van der Waals surface area contributed by atoms with E-state index in [0.29, 0.717) is 30.2 Å². The summed E-state index contributed by atoms with van der Waals surface area (Å²) in [5.74, 6) is 1.20. The van der Waals surface area contributed by atoms with Gasteiger partial charge >= 0.3 is 0 Å². The highest BCUT2D eigenvalue weighted by Gasteiger charge is 2.15. The summed E-state index contributed by atoms with van der Waals surface area (Å²) in [6.07, 6.45) is 0. The van der Waals surface area contributed by atoms with Crippen molar-refractivity contribution in [2.45, 2.75) is 6.92 Å². The second kappa shape index (κ2) is 7.96. The van der Waals surface area contributed by atoms with E-state index in [1.807, 2.05) is 0 Å². The van der Waals surface area contributed by atoms with Crippen molar-refractivity contribution in [3.05, 3.63) is 58.1 Å². The Morgan fingerprint density at radius 3 is 2.42 bits per heavy atom. The van der Waals surface area contributed by atoms with Gasteiger partial charge in [-0.3, -0.25) is 14.9 Å². The van der Waals surface area contributed by atoms with Crippen molar-refractivity contribution in [1.82, 2.24) is 0 Å². The second-order valence-electron chi connectivity index (χ2n) is 5.00. The third kappa shape index (κ3) is 4.45. The van der Waals surface area contributed by atoms with Crippen LogP contribution in [0.5, 0.6) is 11.5 Å². The number of hydrogen-bond donors (Lipinski definition) is 1. The van der Waals surface area contributed by atoms with E-state index >= 15 is 0 Å². The molecule has 0 amide bonds. The Morgan fingerprint density at radius 1 is 1.17 bits per heavy atom. The van der Waals surface area contributed by atoms with Crippen LogP contribution in [0.3, 0.4) is 0 Å². The van der Waals surface area contributed by atoms with Crippen molar-refractivity contribution >= 4 is 17.2 Å². The first-order chi connectivity index (χ1) is 11.5. The Bertz CT molecular complexity index is 728. The number of ketones is 1. The largest absolute Gasteiger partial charge is 0.497 e. The van der Waals surface area contributed by atoms with Gasteiger partial charge in [0.25, 0.3) is 5.69 Å². The highest BCUT2D eigenvalue weighted by molar-refractivity contribution is 5.95. The van der Waals surface area contributed by atoms with Crippen LogP contribution in [0.1, 0.15) is 17.3 Å². The quantitative estimate of drug-likeness (QED) is 0.346. The summed E-state index contributed by atoms with van der Waals surface area (Å²) in [4.78, 5) is 21.9. The van der Waals surface area contributed by atoms with E-state index < -0.39 is 4.92 Å². The molecule has 1 N–H and O–H groups in total. The molecule has 0 atom stereocenters. The monoisotopic (exact) mass is 330 g/mol. The number of nitrogens with one attached hydrogen (secondary N) is 1. The molecule has 2 aromatic rings. The van der Waals surface area contributed by atoms with Gasteiger partial charge in [0.15, 0.2) is 5.78 Å². The highest BCUT2D eigenvalue weighted by Crippen LogP contribution is 2.25. The van der Waals surface area contributed by atoms with Crippen molar-refractivity contribution in [2.75, 3.05) is 25.6 Å². The Balaban J connectivity index is 1.93. The first-order valence-corrected chi connectivity index (χ1v) is 7.31. The normalized spacial score (nSPS) is 10.1. The Labute approximate surface area is 139 Å². The topological polar surface area (TPSA) is 90.7 Å². The lowest BCUT2D eigenvalue weighted by Crippen LogP contribution is -2.12. The van der Waals surface area contributed by atoms with E-state index in [9.17, 15) is 14.9 Å². The van der Waals surface area contributed by atoms with Gasteiger partial charge in [-0.15, -0.1) is 0 Å². The van der Waals surface area contributed by atoms with Crippen LogP contribution in [0.4, 0.5) is 11.4 Å². The number of anilines is 1. The Kier molecular flexibility index (Phi) is 5.73. The first-order valence-electron chi connectivity index (χ1n) is 7.31. The van der Waals surface area contributed by atoms with Gasteiger partial charge in [-0.25, -0.2) is 0 Å². The van der Waals surface area contributed by atoms with Gasteiger partial charge in [0.1, 0.15) is 23.8 Å². The molecule has 0 spiro atoms. The minimum absolute atomic E-state index is 0.132. The summed E-state index contributed by atoms with van der Waals surface area (Å²) in [7, 11) is 1.59. The van der Waals surface area contributed by atoms with E-state index in [1.165, 1.54) is 19.1 Å². The fourth-order valence-electron chi connectivity index (χ4n) is 2.08. The highest BCUT2D eigenvalue weighted by atomic mass is 16.6. The number of carbonyl (C=O) groups excluding carboxylic acids is 1. The van der Waals surface area contributed by atoms with E-state index in [2.05, 4.69) is 5.32 Å². The summed E-state index contributed by atoms with van der Waals surface area (Å²) in [5.41, 5.74) is 0.525. The minimum atomic E-state index is -0.515. The standard InChI is InChI=1S/C17H18N2O5/c1-12(20)13-3-8-16(17(11-13)19(21)22)18-9-10-24-15-6-4-14(23-2)5-7-15/h3-8,11,18H,9-10H2,1-2H3. The molecule has 0 unspecified atom stereocenters. The molecule has 0 aliphatic heterocycles. The predicted molar refractivity (Wildman–Crippen MR) is 90.1 cm³/mol. The molecular formula is C17H18N2O5. The van der Waals surface area contributed by atoms with Crippen molar-refractivity contribution < 1.29 is 19.2 Å². The van der Waals surface area contributed by atoms with Crippen molar-refractivity contribution in [1.29, 1.82) is 0 Å². The molecule has 0 aromatic heterocycles. The average Bonchev–Trinajstić information content (AvgIpc) is 2.59. The first kappa shape index (κ1) is 17.3. The van der Waals surface area contributed by atoms with Crippen LogP contribution in [-0.2, 0) is 0 Å². The average molecular weight is 330 g/mol. The smallest absolute Gasteiger partial charge is 0.293 e. The molecule has 0 heterocycles. The molecule has 0 saturated carbocycles. The summed E-state index contributed by atoms with van der Waals surface area (Å²) >= 11 is 0. The molecule has 0 saturated heterocycles. The van der Waals surface area contributed by atoms with Crippen LogP contribution < -0.4 is 14.8 Å². The van der Waals surface area contributed by atoms with Crippen molar-refractivity contribution in [3.8, 4) is 11.5 Å². The maximum atomic E-state index is 11.3. The number of Topliss-reactive ketones (excluding diaryl/α,β-unsaturated/α-hetero) is 1. The van der Waals surface area contributed by atoms with Crippen LogP contribution in [0.25, 0.3) is 0 Å². The number of carbonyl (C=O) groups is 1. The number of nitrogens with zero attached hydrogens (tertiary/aromatic N) is 1. The van der Waals surface area contributed by atoms with Gasteiger partial charge in [0.2, 0.25) is 0 Å². The summed E-state index contributed by atoms with van der Waals surface area (Å²) in [6, 6.07) is 11.5. The molecule has 2 aromatic carbocycles. The van der Waals surface area contributed by atoms with Gasteiger partial charge in [0.05, 0.1) is 12.0 Å². The fraction of sp³-hybridized carbons (Fsp3) is 0.235. The predicted octanol–water partition coefficient (Wildman–Crippen LogP) is 3.30. The Morgan fingerprint density at radius 2 is 1.83 bits per heavy atom. The van der Waals surface area contributed by atoms with Gasteiger partial charge < -0.3 is 14.8 Å². The van der Waals surface area contributed by atoms with Gasteiger partial charge in [-0.05, 0) is 43.3 Å². The van der Waals surface area contributed by atoms with E-state index in [0.717, 1.165) is 5.75 Å². The molecule has 0 aliphatic carbocycles. The molecule has 126 valence electrons. The summed E-state index contributed by atoms with van der Waals surface area (Å²) in [6.45, 7) is 2.08. The van der Waals surface area contributed by atoms with Gasteiger partial charge in [0, 0.05) is 18.2 Å². The minimum Gasteiger partial charge on any atom is -0.497 e.